The van der Waals surface area contributed by atoms with Gasteiger partial charge in [0.2, 0.25) is 10.0 Å². The standard InChI is InChI=1S/C15H18FN3O3S/c1-18-5-4-14-13(10-18)19(6-7-22-14)23(20,21)15-3-2-12(16)8-11(15)9-17/h2-3,8,13-14H,4-7,10H2,1H3/t13-,14+/m0/s1. The van der Waals surface area contributed by atoms with Crippen molar-refractivity contribution in [1.82, 2.24) is 9.21 Å². The van der Waals surface area contributed by atoms with Crippen molar-refractivity contribution in [1.29, 1.82) is 5.26 Å². The Balaban J connectivity index is 2.00. The Bertz CT molecular complexity index is 747. The van der Waals surface area contributed by atoms with Gasteiger partial charge in [0, 0.05) is 19.6 Å². The van der Waals surface area contributed by atoms with Gasteiger partial charge in [0.05, 0.1) is 24.3 Å². The fraction of sp³-hybridized carbons (Fsp3) is 0.533. The molecule has 124 valence electrons. The van der Waals surface area contributed by atoms with Crippen LogP contribution in [0.4, 0.5) is 4.39 Å². The average molecular weight is 339 g/mol. The first-order valence-corrected chi connectivity index (χ1v) is 8.89. The fourth-order valence-corrected chi connectivity index (χ4v) is 4.99. The molecule has 0 unspecified atom stereocenters. The maximum absolute atomic E-state index is 13.3. The number of likely N-dealkylation sites (tertiary alicyclic amines) is 1. The summed E-state index contributed by atoms with van der Waals surface area (Å²) in [5, 5.41) is 9.15. The molecule has 0 saturated carbocycles. The lowest BCUT2D eigenvalue weighted by molar-refractivity contribution is -0.0719. The largest absolute Gasteiger partial charge is 0.375 e. The second-order valence-corrected chi connectivity index (χ2v) is 7.75. The van der Waals surface area contributed by atoms with E-state index in [1.165, 1.54) is 10.4 Å². The van der Waals surface area contributed by atoms with Gasteiger partial charge in [-0.3, -0.25) is 0 Å². The van der Waals surface area contributed by atoms with Crippen molar-refractivity contribution in [2.24, 2.45) is 0 Å². The van der Waals surface area contributed by atoms with E-state index in [1.54, 1.807) is 6.07 Å². The molecule has 2 saturated heterocycles. The third-order valence-corrected chi connectivity index (χ3v) is 6.37. The molecule has 0 aromatic heterocycles. The SMILES string of the molecule is CN1CC[C@H]2OCCN(S(=O)(=O)c3ccc(F)cc3C#N)[C@H]2C1. The number of benzene rings is 1. The van der Waals surface area contributed by atoms with E-state index in [2.05, 4.69) is 4.90 Å². The van der Waals surface area contributed by atoms with Crippen molar-refractivity contribution in [2.75, 3.05) is 33.3 Å². The van der Waals surface area contributed by atoms with Gasteiger partial charge in [0.15, 0.2) is 0 Å². The van der Waals surface area contributed by atoms with Gasteiger partial charge in [-0.2, -0.15) is 9.57 Å². The number of nitrogens with zero attached hydrogens (tertiary/aromatic N) is 3. The maximum Gasteiger partial charge on any atom is 0.244 e. The Labute approximate surface area is 135 Å². The summed E-state index contributed by atoms with van der Waals surface area (Å²) in [5.41, 5.74) is -0.169. The number of halogens is 1. The van der Waals surface area contributed by atoms with Crippen LogP contribution in [0.25, 0.3) is 0 Å². The van der Waals surface area contributed by atoms with Gasteiger partial charge < -0.3 is 9.64 Å². The smallest absolute Gasteiger partial charge is 0.244 e. The van der Waals surface area contributed by atoms with Crippen molar-refractivity contribution in [3.63, 3.8) is 0 Å². The molecule has 0 aliphatic carbocycles. The summed E-state index contributed by atoms with van der Waals surface area (Å²) in [4.78, 5) is 1.92. The Morgan fingerprint density at radius 2 is 2.17 bits per heavy atom. The lowest BCUT2D eigenvalue weighted by atomic mass is 10.0. The van der Waals surface area contributed by atoms with Crippen molar-refractivity contribution in [2.45, 2.75) is 23.5 Å². The van der Waals surface area contributed by atoms with E-state index in [1.807, 2.05) is 7.05 Å². The first-order chi connectivity index (χ1) is 10.9. The van der Waals surface area contributed by atoms with Gasteiger partial charge in [-0.1, -0.05) is 0 Å². The van der Waals surface area contributed by atoms with Crippen LogP contribution in [-0.2, 0) is 14.8 Å². The highest BCUT2D eigenvalue weighted by atomic mass is 32.2. The molecular formula is C15H18FN3O3S. The fourth-order valence-electron chi connectivity index (χ4n) is 3.24. The predicted molar refractivity (Wildman–Crippen MR) is 80.6 cm³/mol. The first kappa shape index (κ1) is 16.3. The third-order valence-electron chi connectivity index (χ3n) is 4.39. The summed E-state index contributed by atoms with van der Waals surface area (Å²) in [6.45, 7) is 1.99. The zero-order valence-electron chi connectivity index (χ0n) is 12.8. The van der Waals surface area contributed by atoms with Crippen molar-refractivity contribution < 1.29 is 17.5 Å². The van der Waals surface area contributed by atoms with Gasteiger partial charge in [0.1, 0.15) is 16.8 Å². The quantitative estimate of drug-likeness (QED) is 0.796. The Kier molecular flexibility index (Phi) is 4.38. The van der Waals surface area contributed by atoms with Crippen LogP contribution in [0.3, 0.4) is 0 Å². The van der Waals surface area contributed by atoms with E-state index >= 15 is 0 Å². The molecule has 3 rings (SSSR count). The molecule has 0 amide bonds. The number of likely N-dealkylation sites (N-methyl/N-ethyl adjacent to an activating group) is 1. The topological polar surface area (TPSA) is 73.6 Å². The van der Waals surface area contributed by atoms with E-state index < -0.39 is 15.8 Å². The van der Waals surface area contributed by atoms with Crippen molar-refractivity contribution in [3.8, 4) is 6.07 Å². The average Bonchev–Trinajstić information content (AvgIpc) is 2.53. The van der Waals surface area contributed by atoms with Crippen LogP contribution in [0, 0.1) is 17.1 Å². The van der Waals surface area contributed by atoms with Crippen LogP contribution in [0.2, 0.25) is 0 Å². The first-order valence-electron chi connectivity index (χ1n) is 7.45. The van der Waals surface area contributed by atoms with Crippen LogP contribution in [-0.4, -0.2) is 63.1 Å². The minimum atomic E-state index is -3.88. The summed E-state index contributed by atoms with van der Waals surface area (Å²) in [5.74, 6) is -0.627. The Hall–Kier alpha value is -1.53. The lowest BCUT2D eigenvalue weighted by Gasteiger charge is -2.45. The van der Waals surface area contributed by atoms with E-state index in [9.17, 15) is 12.8 Å². The van der Waals surface area contributed by atoms with E-state index in [-0.39, 0.29) is 29.1 Å². The normalized spacial score (nSPS) is 26.5. The molecule has 2 heterocycles. The summed E-state index contributed by atoms with van der Waals surface area (Å²) >= 11 is 0. The highest BCUT2D eigenvalue weighted by Gasteiger charge is 2.42. The molecule has 2 atom stereocenters. The Morgan fingerprint density at radius 1 is 1.39 bits per heavy atom. The number of hydrogen-bond acceptors (Lipinski definition) is 5. The summed E-state index contributed by atoms with van der Waals surface area (Å²) in [6.07, 6.45) is 0.627. The second kappa shape index (κ2) is 6.17. The second-order valence-electron chi connectivity index (χ2n) is 5.90. The Morgan fingerprint density at radius 3 is 2.91 bits per heavy atom. The third kappa shape index (κ3) is 2.97. The van der Waals surface area contributed by atoms with Gasteiger partial charge >= 0.3 is 0 Å². The van der Waals surface area contributed by atoms with Crippen molar-refractivity contribution in [3.05, 3.63) is 29.6 Å². The van der Waals surface area contributed by atoms with Gasteiger partial charge in [-0.05, 0) is 31.7 Å². The molecule has 1 aromatic carbocycles. The summed E-state index contributed by atoms with van der Waals surface area (Å²) < 4.78 is 46.5. The number of ether oxygens (including phenoxy) is 1. The summed E-state index contributed by atoms with van der Waals surface area (Å²) in [6, 6.07) is 4.68. The zero-order chi connectivity index (χ0) is 16.6. The van der Waals surface area contributed by atoms with Crippen LogP contribution >= 0.6 is 0 Å². The molecule has 0 bridgehead atoms. The van der Waals surface area contributed by atoms with Gasteiger partial charge in [0.25, 0.3) is 0 Å². The molecule has 2 fully saturated rings. The maximum atomic E-state index is 13.3. The number of nitriles is 1. The van der Waals surface area contributed by atoms with Crippen LogP contribution in [0.5, 0.6) is 0 Å². The zero-order valence-corrected chi connectivity index (χ0v) is 13.6. The number of sulfonamides is 1. The highest BCUT2D eigenvalue weighted by Crippen LogP contribution is 2.29. The molecule has 1 aromatic rings. The molecule has 0 N–H and O–H groups in total. The molecular weight excluding hydrogens is 321 g/mol. The van der Waals surface area contributed by atoms with E-state index in [0.717, 1.165) is 25.1 Å². The van der Waals surface area contributed by atoms with Crippen LogP contribution in [0.15, 0.2) is 23.1 Å². The number of morpholine rings is 1. The predicted octanol–water partition coefficient (Wildman–Crippen LogP) is 0.791. The number of rotatable bonds is 2. The number of hydrogen-bond donors (Lipinski definition) is 0. The highest BCUT2D eigenvalue weighted by molar-refractivity contribution is 7.89. The molecule has 23 heavy (non-hydrogen) atoms. The van der Waals surface area contributed by atoms with Gasteiger partial charge in [-0.25, -0.2) is 12.8 Å². The molecule has 0 spiro atoms. The van der Waals surface area contributed by atoms with Gasteiger partial charge in [-0.15, -0.1) is 0 Å². The van der Waals surface area contributed by atoms with E-state index in [0.29, 0.717) is 13.2 Å². The monoisotopic (exact) mass is 339 g/mol. The summed E-state index contributed by atoms with van der Waals surface area (Å²) in [7, 11) is -1.94. The minimum Gasteiger partial charge on any atom is -0.375 e. The molecule has 2 aliphatic rings. The van der Waals surface area contributed by atoms with Crippen LogP contribution < -0.4 is 0 Å². The molecule has 0 radical (unpaired) electrons. The lowest BCUT2D eigenvalue weighted by Crippen LogP contribution is -2.60. The van der Waals surface area contributed by atoms with E-state index in [4.69, 9.17) is 10.00 Å². The number of piperidine rings is 1. The molecule has 8 heteroatoms. The van der Waals surface area contributed by atoms with Crippen molar-refractivity contribution >= 4 is 10.0 Å². The molecule has 6 nitrogen and oxygen atoms in total. The molecule has 2 aliphatic heterocycles. The minimum absolute atomic E-state index is 0.138. The number of fused-ring (bicyclic) bond motifs is 1. The van der Waals surface area contributed by atoms with Crippen LogP contribution in [0.1, 0.15) is 12.0 Å².